The number of thiophene rings is 1. The van der Waals surface area contributed by atoms with E-state index < -0.39 is 0 Å². The first kappa shape index (κ1) is 28.2. The second-order valence-electron chi connectivity index (χ2n) is 9.42. The molecular formula is C28H36N4O4S2. The highest BCUT2D eigenvalue weighted by molar-refractivity contribution is 7.99. The smallest absolute Gasteiger partial charge is 0.341 e. The van der Waals surface area contributed by atoms with Crippen LogP contribution in [0, 0.1) is 13.8 Å². The van der Waals surface area contributed by atoms with Crippen molar-refractivity contribution in [2.45, 2.75) is 84.5 Å². The molecule has 0 aliphatic heterocycles. The van der Waals surface area contributed by atoms with E-state index in [9.17, 15) is 9.59 Å². The Morgan fingerprint density at radius 2 is 1.92 bits per heavy atom. The van der Waals surface area contributed by atoms with E-state index in [-0.39, 0.29) is 23.7 Å². The van der Waals surface area contributed by atoms with Gasteiger partial charge in [-0.3, -0.25) is 4.79 Å². The van der Waals surface area contributed by atoms with E-state index in [1.165, 1.54) is 39.1 Å². The fraction of sp³-hybridized carbons (Fsp3) is 0.500. The lowest BCUT2D eigenvalue weighted by atomic mass is 10.1. The molecule has 2 heterocycles. The average molecular weight is 557 g/mol. The lowest BCUT2D eigenvalue weighted by molar-refractivity contribution is -0.113. The molecule has 1 amide bonds. The van der Waals surface area contributed by atoms with Crippen molar-refractivity contribution < 1.29 is 19.1 Å². The lowest BCUT2D eigenvalue weighted by Crippen LogP contribution is -2.17. The van der Waals surface area contributed by atoms with E-state index in [4.69, 9.17) is 9.47 Å². The monoisotopic (exact) mass is 556 g/mol. The minimum Gasteiger partial charge on any atom is -0.483 e. The Labute approximate surface area is 232 Å². The summed E-state index contributed by atoms with van der Waals surface area (Å²) in [6.07, 6.45) is 4.76. The summed E-state index contributed by atoms with van der Waals surface area (Å²) in [6.45, 7) is 10.8. The highest BCUT2D eigenvalue weighted by Crippen LogP contribution is 2.38. The van der Waals surface area contributed by atoms with Crippen molar-refractivity contribution >= 4 is 40.0 Å². The molecule has 204 valence electrons. The van der Waals surface area contributed by atoms with Crippen molar-refractivity contribution in [1.82, 2.24) is 14.8 Å². The van der Waals surface area contributed by atoms with Gasteiger partial charge in [0.2, 0.25) is 5.91 Å². The van der Waals surface area contributed by atoms with Gasteiger partial charge in [-0.1, -0.05) is 24.2 Å². The third-order valence-corrected chi connectivity index (χ3v) is 8.88. The van der Waals surface area contributed by atoms with Gasteiger partial charge in [-0.05, 0) is 89.1 Å². The number of benzene rings is 1. The number of carbonyl (C=O) groups excluding carboxylic acids is 2. The molecule has 0 saturated heterocycles. The van der Waals surface area contributed by atoms with E-state index >= 15 is 0 Å². The molecule has 1 aromatic carbocycles. The molecule has 3 aromatic rings. The van der Waals surface area contributed by atoms with Gasteiger partial charge >= 0.3 is 5.97 Å². The second-order valence-corrected chi connectivity index (χ2v) is 11.5. The highest BCUT2D eigenvalue weighted by Gasteiger charge is 2.27. The van der Waals surface area contributed by atoms with Crippen LogP contribution in [0.15, 0.2) is 23.4 Å². The van der Waals surface area contributed by atoms with Crippen LogP contribution in [0.3, 0.4) is 0 Å². The van der Waals surface area contributed by atoms with E-state index in [1.807, 2.05) is 36.6 Å². The molecule has 1 aliphatic rings. The van der Waals surface area contributed by atoms with Gasteiger partial charge in [0.25, 0.3) is 0 Å². The summed E-state index contributed by atoms with van der Waals surface area (Å²) in [5.41, 5.74) is 3.96. The third-order valence-electron chi connectivity index (χ3n) is 6.70. The average Bonchev–Trinajstić information content (AvgIpc) is 3.37. The summed E-state index contributed by atoms with van der Waals surface area (Å²) in [5, 5.41) is 12.9. The zero-order valence-electron chi connectivity index (χ0n) is 22.8. The number of carbonyl (C=O) groups is 2. The number of anilines is 1. The van der Waals surface area contributed by atoms with Gasteiger partial charge in [-0.15, -0.1) is 21.5 Å². The first-order valence-corrected chi connectivity index (χ1v) is 15.0. The number of esters is 1. The van der Waals surface area contributed by atoms with Gasteiger partial charge in [0.05, 0.1) is 17.9 Å². The zero-order chi connectivity index (χ0) is 27.2. The molecule has 0 spiro atoms. The van der Waals surface area contributed by atoms with Gasteiger partial charge in [-0.2, -0.15) is 0 Å². The van der Waals surface area contributed by atoms with E-state index in [1.54, 1.807) is 6.92 Å². The predicted molar refractivity (Wildman–Crippen MR) is 152 cm³/mol. The highest BCUT2D eigenvalue weighted by atomic mass is 32.2. The van der Waals surface area contributed by atoms with Gasteiger partial charge in [-0.25, -0.2) is 4.79 Å². The fourth-order valence-electron chi connectivity index (χ4n) is 4.59. The number of nitrogens with one attached hydrogen (secondary N) is 1. The van der Waals surface area contributed by atoms with Gasteiger partial charge in [0.1, 0.15) is 10.8 Å². The van der Waals surface area contributed by atoms with Gasteiger partial charge in [0.15, 0.2) is 17.1 Å². The van der Waals surface area contributed by atoms with Crippen LogP contribution in [0.4, 0.5) is 5.00 Å². The number of rotatable bonds is 10. The molecule has 1 atom stereocenters. The maximum atomic E-state index is 13.0. The molecule has 0 saturated carbocycles. The van der Waals surface area contributed by atoms with E-state index in [0.29, 0.717) is 34.7 Å². The Morgan fingerprint density at radius 3 is 2.66 bits per heavy atom. The minimum absolute atomic E-state index is 0.148. The normalized spacial score (nSPS) is 13.9. The van der Waals surface area contributed by atoms with Crippen molar-refractivity contribution in [2.24, 2.45) is 0 Å². The second kappa shape index (κ2) is 12.8. The van der Waals surface area contributed by atoms with Gasteiger partial charge in [0, 0.05) is 11.4 Å². The number of hydrogen-bond donors (Lipinski definition) is 1. The molecule has 1 aliphatic carbocycles. The number of nitrogens with zero attached hydrogens (tertiary/aromatic N) is 3. The number of ether oxygens (including phenoxy) is 2. The van der Waals surface area contributed by atoms with Crippen LogP contribution in [0.25, 0.3) is 0 Å². The number of aryl methyl sites for hydroxylation is 3. The molecule has 1 N–H and O–H groups in total. The summed E-state index contributed by atoms with van der Waals surface area (Å²) < 4.78 is 13.5. The maximum absolute atomic E-state index is 13.0. The molecule has 1 unspecified atom stereocenters. The Bertz CT molecular complexity index is 1300. The van der Waals surface area contributed by atoms with Crippen LogP contribution < -0.4 is 10.1 Å². The van der Waals surface area contributed by atoms with Crippen molar-refractivity contribution in [2.75, 3.05) is 17.7 Å². The zero-order valence-corrected chi connectivity index (χ0v) is 24.4. The minimum atomic E-state index is -0.358. The third kappa shape index (κ3) is 6.40. The number of fused-ring (bicyclic) bond motifs is 1. The van der Waals surface area contributed by atoms with Crippen molar-refractivity contribution in [3.05, 3.63) is 51.2 Å². The molecule has 38 heavy (non-hydrogen) atoms. The number of thioether (sulfide) groups is 1. The van der Waals surface area contributed by atoms with Crippen LogP contribution in [0.1, 0.15) is 83.9 Å². The SMILES string of the molecule is CCOC(=O)c1c(NC(=O)CSc2nnc(C(C)Oc3ccc(C)c(C)c3)n2CC)sc2c1CCCCC2. The summed E-state index contributed by atoms with van der Waals surface area (Å²) in [6, 6.07) is 6.02. The van der Waals surface area contributed by atoms with Gasteiger partial charge < -0.3 is 19.4 Å². The first-order valence-electron chi connectivity index (χ1n) is 13.2. The number of aromatic nitrogens is 3. The molecule has 0 fully saturated rings. The van der Waals surface area contributed by atoms with Crippen LogP contribution in [-0.4, -0.2) is 39.0 Å². The molecule has 10 heteroatoms. The summed E-state index contributed by atoms with van der Waals surface area (Å²) in [7, 11) is 0. The van der Waals surface area contributed by atoms with E-state index in [0.717, 1.165) is 43.4 Å². The van der Waals surface area contributed by atoms with Crippen molar-refractivity contribution in [3.8, 4) is 5.75 Å². The maximum Gasteiger partial charge on any atom is 0.341 e. The quantitative estimate of drug-likeness (QED) is 0.178. The summed E-state index contributed by atoms with van der Waals surface area (Å²) in [4.78, 5) is 26.9. The first-order chi connectivity index (χ1) is 18.3. The Kier molecular flexibility index (Phi) is 9.49. The van der Waals surface area contributed by atoms with Crippen molar-refractivity contribution in [3.63, 3.8) is 0 Å². The Balaban J connectivity index is 1.44. The molecule has 2 aromatic heterocycles. The number of amides is 1. The fourth-order valence-corrected chi connectivity index (χ4v) is 6.69. The van der Waals surface area contributed by atoms with Crippen molar-refractivity contribution in [1.29, 1.82) is 0 Å². The predicted octanol–water partition coefficient (Wildman–Crippen LogP) is 6.29. The molecule has 0 bridgehead atoms. The largest absolute Gasteiger partial charge is 0.483 e. The van der Waals surface area contributed by atoms with Crippen LogP contribution in [-0.2, 0) is 28.9 Å². The topological polar surface area (TPSA) is 95.3 Å². The van der Waals surface area contributed by atoms with Crippen LogP contribution in [0.5, 0.6) is 5.75 Å². The summed E-state index contributed by atoms with van der Waals surface area (Å²) in [5.74, 6) is 1.09. The molecule has 0 radical (unpaired) electrons. The molecule has 4 rings (SSSR count). The lowest BCUT2D eigenvalue weighted by Gasteiger charge is -2.16. The molecule has 8 nitrogen and oxygen atoms in total. The Hall–Kier alpha value is -2.85. The number of hydrogen-bond acceptors (Lipinski definition) is 8. The van der Waals surface area contributed by atoms with Crippen LogP contribution in [0.2, 0.25) is 0 Å². The molecular weight excluding hydrogens is 520 g/mol. The standard InChI is InChI=1S/C28H36N4O4S2/c1-6-32-25(19(5)36-20-14-13-17(3)18(4)15-20)30-31-28(32)37-16-23(33)29-26-24(27(34)35-7-2)21-11-9-8-10-12-22(21)38-26/h13-15,19H,6-12,16H2,1-5H3,(H,29,33). The van der Waals surface area contributed by atoms with E-state index in [2.05, 4.69) is 29.4 Å². The Morgan fingerprint density at radius 1 is 1.13 bits per heavy atom. The van der Waals surface area contributed by atoms with Crippen LogP contribution >= 0.6 is 23.1 Å². The summed E-state index contributed by atoms with van der Waals surface area (Å²) >= 11 is 2.83.